The lowest BCUT2D eigenvalue weighted by Gasteiger charge is -2.12. The molecule has 1 aromatic heterocycles. The zero-order valence-electron chi connectivity index (χ0n) is 14.2. The lowest BCUT2D eigenvalue weighted by atomic mass is 10.2. The summed E-state index contributed by atoms with van der Waals surface area (Å²) in [5, 5.41) is 8.29. The minimum atomic E-state index is 0.516. The number of fused-ring (bicyclic) bond motifs is 1. The van der Waals surface area contributed by atoms with Gasteiger partial charge >= 0.3 is 0 Å². The lowest BCUT2D eigenvalue weighted by molar-refractivity contribution is 1.21. The van der Waals surface area contributed by atoms with Gasteiger partial charge in [-0.15, -0.1) is 0 Å². The minimum absolute atomic E-state index is 0.516. The number of para-hydroxylation sites is 2. The van der Waals surface area contributed by atoms with E-state index in [1.54, 1.807) is 0 Å². The predicted molar refractivity (Wildman–Crippen MR) is 109 cm³/mol. The average molecular weight is 361 g/mol. The molecule has 128 valence electrons. The highest BCUT2D eigenvalue weighted by Crippen LogP contribution is 2.27. The second kappa shape index (κ2) is 7.02. The molecule has 2 N–H and O–H groups in total. The van der Waals surface area contributed by atoms with Crippen LogP contribution < -0.4 is 10.6 Å². The normalized spacial score (nSPS) is 10.7. The van der Waals surface area contributed by atoms with Crippen molar-refractivity contribution in [3.63, 3.8) is 0 Å². The molecule has 0 amide bonds. The first-order valence-corrected chi connectivity index (χ1v) is 8.69. The molecule has 0 unspecified atom stereocenters. The maximum atomic E-state index is 6.22. The monoisotopic (exact) mass is 360 g/mol. The summed E-state index contributed by atoms with van der Waals surface area (Å²) in [6.45, 7) is 1.97. The zero-order chi connectivity index (χ0) is 17.9. The van der Waals surface area contributed by atoms with Gasteiger partial charge in [-0.05, 0) is 48.9 Å². The molecule has 5 heteroatoms. The molecule has 0 saturated heterocycles. The van der Waals surface area contributed by atoms with E-state index in [1.165, 1.54) is 0 Å². The highest BCUT2D eigenvalue weighted by Gasteiger charge is 2.09. The highest BCUT2D eigenvalue weighted by atomic mass is 35.5. The molecular weight excluding hydrogens is 344 g/mol. The Bertz CT molecular complexity index is 1060. The van der Waals surface area contributed by atoms with Crippen LogP contribution in [0.25, 0.3) is 10.9 Å². The van der Waals surface area contributed by atoms with Gasteiger partial charge in [-0.1, -0.05) is 48.0 Å². The van der Waals surface area contributed by atoms with Crippen LogP contribution in [-0.4, -0.2) is 9.97 Å². The Morgan fingerprint density at radius 2 is 1.54 bits per heavy atom. The fourth-order valence-corrected chi connectivity index (χ4v) is 2.87. The second-order valence-corrected chi connectivity index (χ2v) is 6.40. The van der Waals surface area contributed by atoms with Gasteiger partial charge in [-0.25, -0.2) is 4.98 Å². The number of anilines is 4. The minimum Gasteiger partial charge on any atom is -0.340 e. The summed E-state index contributed by atoms with van der Waals surface area (Å²) < 4.78 is 0. The van der Waals surface area contributed by atoms with E-state index in [9.17, 15) is 0 Å². The van der Waals surface area contributed by atoms with E-state index in [1.807, 2.05) is 79.7 Å². The molecule has 0 aliphatic rings. The molecule has 0 spiro atoms. The Morgan fingerprint density at radius 1 is 0.769 bits per heavy atom. The summed E-state index contributed by atoms with van der Waals surface area (Å²) in [7, 11) is 0. The molecule has 0 aliphatic heterocycles. The van der Waals surface area contributed by atoms with Crippen molar-refractivity contribution in [3.05, 3.63) is 83.4 Å². The van der Waals surface area contributed by atoms with E-state index in [2.05, 4.69) is 20.6 Å². The predicted octanol–water partition coefficient (Wildman–Crippen LogP) is 6.08. The van der Waals surface area contributed by atoms with Crippen molar-refractivity contribution in [2.45, 2.75) is 6.92 Å². The van der Waals surface area contributed by atoms with Crippen molar-refractivity contribution in [2.24, 2.45) is 0 Å². The second-order valence-electron chi connectivity index (χ2n) is 5.99. The Morgan fingerprint density at radius 3 is 2.35 bits per heavy atom. The molecule has 1 heterocycles. The standard InChI is InChI=1S/C21H17ClN4/c1-14-11-12-16(13-18(14)22)24-21-25-19-10-6-5-9-17(19)20(26-21)23-15-7-3-2-4-8-15/h2-13H,1H3,(H2,23,24,25,26). The van der Waals surface area contributed by atoms with Gasteiger partial charge in [0.2, 0.25) is 5.95 Å². The number of nitrogens with one attached hydrogen (secondary N) is 2. The van der Waals surface area contributed by atoms with Gasteiger partial charge in [0.05, 0.1) is 5.52 Å². The quantitative estimate of drug-likeness (QED) is 0.463. The largest absolute Gasteiger partial charge is 0.340 e. The Labute approximate surface area is 156 Å². The third kappa shape index (κ3) is 3.46. The van der Waals surface area contributed by atoms with Crippen LogP contribution in [0.3, 0.4) is 0 Å². The summed E-state index contributed by atoms with van der Waals surface area (Å²) >= 11 is 6.22. The van der Waals surface area contributed by atoms with Crippen LogP contribution in [0.5, 0.6) is 0 Å². The first kappa shape index (κ1) is 16.4. The van der Waals surface area contributed by atoms with Gasteiger partial charge in [0.15, 0.2) is 0 Å². The molecule has 0 bridgehead atoms. The fraction of sp³-hybridized carbons (Fsp3) is 0.0476. The Hall–Kier alpha value is -3.11. The van der Waals surface area contributed by atoms with E-state index in [0.29, 0.717) is 11.0 Å². The van der Waals surface area contributed by atoms with Gasteiger partial charge in [0, 0.05) is 21.8 Å². The molecular formula is C21H17ClN4. The van der Waals surface area contributed by atoms with Crippen molar-refractivity contribution in [2.75, 3.05) is 10.6 Å². The summed E-state index contributed by atoms with van der Waals surface area (Å²) in [6, 6.07) is 23.7. The van der Waals surface area contributed by atoms with Crippen LogP contribution in [0, 0.1) is 6.92 Å². The van der Waals surface area contributed by atoms with E-state index in [-0.39, 0.29) is 0 Å². The van der Waals surface area contributed by atoms with E-state index >= 15 is 0 Å². The van der Waals surface area contributed by atoms with Gasteiger partial charge in [0.1, 0.15) is 5.82 Å². The summed E-state index contributed by atoms with van der Waals surface area (Å²) in [5.74, 6) is 1.27. The van der Waals surface area contributed by atoms with Crippen LogP contribution in [0.15, 0.2) is 72.8 Å². The zero-order valence-corrected chi connectivity index (χ0v) is 15.0. The first-order valence-electron chi connectivity index (χ1n) is 8.31. The fourth-order valence-electron chi connectivity index (χ4n) is 2.69. The molecule has 0 atom stereocenters. The molecule has 0 saturated carbocycles. The number of aromatic nitrogens is 2. The van der Waals surface area contributed by atoms with Gasteiger partial charge < -0.3 is 10.6 Å². The molecule has 4 aromatic rings. The molecule has 3 aromatic carbocycles. The van der Waals surface area contributed by atoms with Crippen LogP contribution in [0.1, 0.15) is 5.56 Å². The average Bonchev–Trinajstić information content (AvgIpc) is 2.66. The van der Waals surface area contributed by atoms with Crippen molar-refractivity contribution < 1.29 is 0 Å². The lowest BCUT2D eigenvalue weighted by Crippen LogP contribution is -2.02. The van der Waals surface area contributed by atoms with Crippen LogP contribution in [0.4, 0.5) is 23.1 Å². The molecule has 26 heavy (non-hydrogen) atoms. The smallest absolute Gasteiger partial charge is 0.229 e. The van der Waals surface area contributed by atoms with Crippen molar-refractivity contribution in [1.29, 1.82) is 0 Å². The summed E-state index contributed by atoms with van der Waals surface area (Å²) in [5.41, 5.74) is 3.71. The van der Waals surface area contributed by atoms with Crippen LogP contribution >= 0.6 is 11.6 Å². The Kier molecular flexibility index (Phi) is 4.42. The van der Waals surface area contributed by atoms with Crippen molar-refractivity contribution in [3.8, 4) is 0 Å². The van der Waals surface area contributed by atoms with Crippen LogP contribution in [0.2, 0.25) is 5.02 Å². The molecule has 4 nitrogen and oxygen atoms in total. The number of nitrogens with zero attached hydrogens (tertiary/aromatic N) is 2. The van der Waals surface area contributed by atoms with E-state index in [4.69, 9.17) is 11.6 Å². The maximum absolute atomic E-state index is 6.22. The summed E-state index contributed by atoms with van der Waals surface area (Å²) in [6.07, 6.45) is 0. The number of halogens is 1. The molecule has 4 rings (SSSR count). The van der Waals surface area contributed by atoms with E-state index < -0.39 is 0 Å². The van der Waals surface area contributed by atoms with Crippen molar-refractivity contribution >= 4 is 45.6 Å². The van der Waals surface area contributed by atoms with Crippen LogP contribution in [-0.2, 0) is 0 Å². The number of hydrogen-bond donors (Lipinski definition) is 2. The van der Waals surface area contributed by atoms with Gasteiger partial charge in [0.25, 0.3) is 0 Å². The number of aryl methyl sites for hydroxylation is 1. The number of benzene rings is 3. The number of hydrogen-bond acceptors (Lipinski definition) is 4. The Balaban J connectivity index is 1.74. The summed E-state index contributed by atoms with van der Waals surface area (Å²) in [4.78, 5) is 9.29. The third-order valence-electron chi connectivity index (χ3n) is 4.07. The van der Waals surface area contributed by atoms with Gasteiger partial charge in [-0.3, -0.25) is 0 Å². The maximum Gasteiger partial charge on any atom is 0.229 e. The molecule has 0 radical (unpaired) electrons. The molecule has 0 fully saturated rings. The van der Waals surface area contributed by atoms with Crippen molar-refractivity contribution in [1.82, 2.24) is 9.97 Å². The SMILES string of the molecule is Cc1ccc(Nc2nc(Nc3ccccc3)c3ccccc3n2)cc1Cl. The third-order valence-corrected chi connectivity index (χ3v) is 4.47. The number of rotatable bonds is 4. The highest BCUT2D eigenvalue weighted by molar-refractivity contribution is 6.31. The topological polar surface area (TPSA) is 49.8 Å². The first-order chi connectivity index (χ1) is 12.7. The van der Waals surface area contributed by atoms with Gasteiger partial charge in [-0.2, -0.15) is 4.98 Å². The molecule has 0 aliphatic carbocycles. The van der Waals surface area contributed by atoms with E-state index in [0.717, 1.165) is 33.7 Å².